The smallest absolute Gasteiger partial charge is 0.293 e. The molecule has 0 saturated heterocycles. The topological polar surface area (TPSA) is 72.2 Å². The molecular formula is C24H23BrN2O5. The van der Waals surface area contributed by atoms with Crippen LogP contribution in [0.3, 0.4) is 0 Å². The number of para-hydroxylation sites is 1. The van der Waals surface area contributed by atoms with E-state index >= 15 is 0 Å². The highest BCUT2D eigenvalue weighted by Gasteiger charge is 2.27. The fourth-order valence-corrected chi connectivity index (χ4v) is 4.18. The van der Waals surface area contributed by atoms with Gasteiger partial charge in [0.25, 0.3) is 11.8 Å². The Labute approximate surface area is 194 Å². The molecule has 4 rings (SSSR count). The first-order valence-corrected chi connectivity index (χ1v) is 10.9. The average Bonchev–Trinajstić information content (AvgIpc) is 3.27. The lowest BCUT2D eigenvalue weighted by molar-refractivity contribution is 0.0735. The summed E-state index contributed by atoms with van der Waals surface area (Å²) < 4.78 is 16.7. The highest BCUT2D eigenvalue weighted by Crippen LogP contribution is 2.34. The fourth-order valence-electron chi connectivity index (χ4n) is 3.88. The van der Waals surface area contributed by atoms with Crippen molar-refractivity contribution in [3.63, 3.8) is 0 Å². The lowest BCUT2D eigenvalue weighted by atomic mass is 9.98. The van der Waals surface area contributed by atoms with Gasteiger partial charge in [-0.1, -0.05) is 12.1 Å². The molecule has 7 nitrogen and oxygen atoms in total. The summed E-state index contributed by atoms with van der Waals surface area (Å²) in [5.41, 5.74) is 3.13. The van der Waals surface area contributed by atoms with Crippen LogP contribution in [0.5, 0.6) is 11.5 Å². The van der Waals surface area contributed by atoms with Crippen LogP contribution >= 0.6 is 15.9 Å². The summed E-state index contributed by atoms with van der Waals surface area (Å²) in [5.74, 6) is 1.03. The summed E-state index contributed by atoms with van der Waals surface area (Å²) in [6, 6.07) is 14.2. The number of amides is 2. The number of hydrogen-bond donors (Lipinski definition) is 0. The Morgan fingerprint density at radius 1 is 1.03 bits per heavy atom. The van der Waals surface area contributed by atoms with E-state index in [1.165, 1.54) is 4.90 Å². The Morgan fingerprint density at radius 2 is 1.72 bits per heavy atom. The maximum absolute atomic E-state index is 13.5. The van der Waals surface area contributed by atoms with Gasteiger partial charge in [0, 0.05) is 20.1 Å². The van der Waals surface area contributed by atoms with Crippen molar-refractivity contribution in [2.24, 2.45) is 0 Å². The molecule has 0 saturated carbocycles. The second-order valence-corrected chi connectivity index (χ2v) is 8.22. The third-order valence-electron chi connectivity index (χ3n) is 5.59. The minimum absolute atomic E-state index is 0.138. The molecule has 0 aliphatic carbocycles. The van der Waals surface area contributed by atoms with E-state index in [4.69, 9.17) is 13.9 Å². The van der Waals surface area contributed by atoms with E-state index in [0.717, 1.165) is 11.1 Å². The molecule has 1 aromatic heterocycles. The van der Waals surface area contributed by atoms with Crippen molar-refractivity contribution in [2.45, 2.75) is 13.0 Å². The Balaban J connectivity index is 1.60. The highest BCUT2D eigenvalue weighted by atomic mass is 79.9. The summed E-state index contributed by atoms with van der Waals surface area (Å²) in [6.07, 6.45) is 0.707. The molecule has 3 aromatic rings. The Morgan fingerprint density at radius 3 is 2.38 bits per heavy atom. The van der Waals surface area contributed by atoms with Gasteiger partial charge in [0.1, 0.15) is 0 Å². The Kier molecular flexibility index (Phi) is 6.23. The van der Waals surface area contributed by atoms with Gasteiger partial charge in [0.15, 0.2) is 21.9 Å². The maximum atomic E-state index is 13.5. The van der Waals surface area contributed by atoms with Crippen molar-refractivity contribution in [3.8, 4) is 11.5 Å². The molecule has 2 aromatic carbocycles. The van der Waals surface area contributed by atoms with Crippen LogP contribution in [-0.4, -0.2) is 44.5 Å². The molecular weight excluding hydrogens is 476 g/mol. The normalized spacial score (nSPS) is 12.8. The number of methoxy groups -OCH3 is 2. The first-order chi connectivity index (χ1) is 15.4. The van der Waals surface area contributed by atoms with E-state index in [2.05, 4.69) is 15.9 Å². The lowest BCUT2D eigenvalue weighted by Crippen LogP contribution is -2.37. The number of fused-ring (bicyclic) bond motifs is 1. The minimum Gasteiger partial charge on any atom is -0.493 e. The zero-order valence-corrected chi connectivity index (χ0v) is 19.6. The third-order valence-corrected chi connectivity index (χ3v) is 6.02. The molecule has 0 unspecified atom stereocenters. The number of hydrogen-bond acceptors (Lipinski definition) is 5. The Hall–Kier alpha value is -3.26. The van der Waals surface area contributed by atoms with Gasteiger partial charge in [-0.25, -0.2) is 0 Å². The van der Waals surface area contributed by atoms with Crippen molar-refractivity contribution in [1.29, 1.82) is 0 Å². The number of ether oxygens (including phenoxy) is 2. The van der Waals surface area contributed by atoms with Crippen LogP contribution in [0, 0.1) is 0 Å². The number of carbonyl (C=O) groups is 2. The maximum Gasteiger partial charge on any atom is 0.293 e. The molecule has 0 spiro atoms. The van der Waals surface area contributed by atoms with Crippen LogP contribution < -0.4 is 14.4 Å². The minimum atomic E-state index is -0.336. The standard InChI is InChI=1S/C24H23BrN2O5/c1-26(24(29)19-8-9-22(25)32-19)18-7-5-4-6-17(18)23(28)27-11-10-15-12-20(30-2)21(31-3)13-16(15)14-27/h4-9,12-13H,10-11,14H2,1-3H3. The third kappa shape index (κ3) is 4.10. The zero-order chi connectivity index (χ0) is 22.8. The molecule has 1 aliphatic heterocycles. The van der Waals surface area contributed by atoms with E-state index in [1.54, 1.807) is 62.6 Å². The molecule has 0 fully saturated rings. The average molecular weight is 499 g/mol. The van der Waals surface area contributed by atoms with Gasteiger partial charge < -0.3 is 23.7 Å². The van der Waals surface area contributed by atoms with E-state index in [1.807, 2.05) is 12.1 Å². The SMILES string of the molecule is COc1cc2c(cc1OC)CN(C(=O)c1ccccc1N(C)C(=O)c1ccc(Br)o1)CC2. The van der Waals surface area contributed by atoms with Crippen LogP contribution in [0.15, 0.2) is 57.6 Å². The second-order valence-electron chi connectivity index (χ2n) is 7.44. The Bertz CT molecular complexity index is 1170. The fraction of sp³-hybridized carbons (Fsp3) is 0.250. The number of halogens is 1. The van der Waals surface area contributed by atoms with E-state index in [-0.39, 0.29) is 17.6 Å². The number of benzene rings is 2. The predicted octanol–water partition coefficient (Wildman–Crippen LogP) is 4.53. The van der Waals surface area contributed by atoms with Crippen LogP contribution in [-0.2, 0) is 13.0 Å². The van der Waals surface area contributed by atoms with E-state index in [9.17, 15) is 9.59 Å². The second kappa shape index (κ2) is 9.08. The summed E-state index contributed by atoms with van der Waals surface area (Å²) >= 11 is 3.21. The van der Waals surface area contributed by atoms with Gasteiger partial charge in [0.05, 0.1) is 25.5 Å². The van der Waals surface area contributed by atoms with Gasteiger partial charge >= 0.3 is 0 Å². The number of furan rings is 1. The number of nitrogens with zero attached hydrogens (tertiary/aromatic N) is 2. The molecule has 2 heterocycles. The van der Waals surface area contributed by atoms with Gasteiger partial charge in [-0.15, -0.1) is 0 Å². The van der Waals surface area contributed by atoms with Crippen LogP contribution in [0.4, 0.5) is 5.69 Å². The molecule has 0 N–H and O–H groups in total. The number of anilines is 1. The van der Waals surface area contributed by atoms with Gasteiger partial charge in [-0.05, 0) is 69.9 Å². The lowest BCUT2D eigenvalue weighted by Gasteiger charge is -2.31. The van der Waals surface area contributed by atoms with Crippen molar-refractivity contribution in [3.05, 3.63) is 75.7 Å². The quantitative estimate of drug-likeness (QED) is 0.516. The summed E-state index contributed by atoms with van der Waals surface area (Å²) in [6.45, 7) is 1.02. The van der Waals surface area contributed by atoms with Crippen molar-refractivity contribution >= 4 is 33.4 Å². The monoisotopic (exact) mass is 498 g/mol. The first kappa shape index (κ1) is 22.0. The van der Waals surface area contributed by atoms with Crippen molar-refractivity contribution < 1.29 is 23.5 Å². The molecule has 8 heteroatoms. The highest BCUT2D eigenvalue weighted by molar-refractivity contribution is 9.10. The first-order valence-electron chi connectivity index (χ1n) is 10.1. The van der Waals surface area contributed by atoms with E-state index in [0.29, 0.717) is 46.9 Å². The summed E-state index contributed by atoms with van der Waals surface area (Å²) in [4.78, 5) is 29.6. The molecule has 0 atom stereocenters. The van der Waals surface area contributed by atoms with E-state index < -0.39 is 0 Å². The van der Waals surface area contributed by atoms with Crippen LogP contribution in [0.1, 0.15) is 32.0 Å². The summed E-state index contributed by atoms with van der Waals surface area (Å²) in [5, 5.41) is 0. The zero-order valence-electron chi connectivity index (χ0n) is 18.1. The van der Waals surface area contributed by atoms with Crippen molar-refractivity contribution in [1.82, 2.24) is 4.90 Å². The molecule has 2 amide bonds. The van der Waals surface area contributed by atoms with Crippen LogP contribution in [0.25, 0.3) is 0 Å². The molecule has 0 bridgehead atoms. The molecule has 32 heavy (non-hydrogen) atoms. The largest absolute Gasteiger partial charge is 0.493 e. The number of rotatable bonds is 5. The predicted molar refractivity (Wildman–Crippen MR) is 124 cm³/mol. The molecule has 0 radical (unpaired) electrons. The van der Waals surface area contributed by atoms with Gasteiger partial charge in [0.2, 0.25) is 0 Å². The van der Waals surface area contributed by atoms with Crippen molar-refractivity contribution in [2.75, 3.05) is 32.7 Å². The number of carbonyl (C=O) groups excluding carboxylic acids is 2. The van der Waals surface area contributed by atoms with Gasteiger partial charge in [-0.3, -0.25) is 9.59 Å². The van der Waals surface area contributed by atoms with Gasteiger partial charge in [-0.2, -0.15) is 0 Å². The molecule has 1 aliphatic rings. The summed E-state index contributed by atoms with van der Waals surface area (Å²) in [7, 11) is 4.84. The van der Waals surface area contributed by atoms with Crippen LogP contribution in [0.2, 0.25) is 0 Å². The molecule has 166 valence electrons.